The summed E-state index contributed by atoms with van der Waals surface area (Å²) >= 11 is 5.91. The van der Waals surface area contributed by atoms with Gasteiger partial charge in [-0.05, 0) is 30.5 Å². The largest absolute Gasteiger partial charge is 0.392 e. The van der Waals surface area contributed by atoms with Gasteiger partial charge in [0.15, 0.2) is 0 Å². The Morgan fingerprint density at radius 1 is 1.26 bits per heavy atom. The second-order valence-corrected chi connectivity index (χ2v) is 6.62. The van der Waals surface area contributed by atoms with Gasteiger partial charge in [-0.2, -0.15) is 0 Å². The van der Waals surface area contributed by atoms with E-state index < -0.39 is 10.0 Å². The van der Waals surface area contributed by atoms with E-state index in [2.05, 4.69) is 4.83 Å². The monoisotopic (exact) mass is 304 g/mol. The second-order valence-electron chi connectivity index (χ2n) is 4.55. The Bertz CT molecular complexity index is 542. The predicted octanol–water partition coefficient (Wildman–Crippen LogP) is 1.51. The summed E-state index contributed by atoms with van der Waals surface area (Å²) in [5, 5.41) is 11.0. The highest BCUT2D eigenvalue weighted by Crippen LogP contribution is 2.21. The van der Waals surface area contributed by atoms with Gasteiger partial charge in [-0.15, -0.1) is 4.83 Å². The number of aliphatic hydroxyl groups excluding tert-OH is 1. The standard InChI is InChI=1S/C12H17ClN2O3S/c13-12-8-11(5-4-10(12)9-16)19(17,18)14-15-6-2-1-3-7-15/h4-5,8,14,16H,1-3,6-7,9H2. The number of hydrogen-bond donors (Lipinski definition) is 2. The third kappa shape index (κ3) is 3.67. The summed E-state index contributed by atoms with van der Waals surface area (Å²) in [5.74, 6) is 0. The molecule has 1 aliphatic heterocycles. The minimum Gasteiger partial charge on any atom is -0.392 e. The van der Waals surface area contributed by atoms with Gasteiger partial charge in [-0.3, -0.25) is 0 Å². The van der Waals surface area contributed by atoms with Crippen LogP contribution in [0, 0.1) is 0 Å². The van der Waals surface area contributed by atoms with Gasteiger partial charge < -0.3 is 5.11 Å². The quantitative estimate of drug-likeness (QED) is 0.885. The van der Waals surface area contributed by atoms with Crippen molar-refractivity contribution < 1.29 is 13.5 Å². The minimum atomic E-state index is -3.60. The van der Waals surface area contributed by atoms with E-state index in [4.69, 9.17) is 16.7 Å². The number of rotatable bonds is 4. The van der Waals surface area contributed by atoms with Crippen LogP contribution >= 0.6 is 11.6 Å². The van der Waals surface area contributed by atoms with Crippen LogP contribution in [0.4, 0.5) is 0 Å². The van der Waals surface area contributed by atoms with Crippen LogP contribution in [0.2, 0.25) is 5.02 Å². The fraction of sp³-hybridized carbons (Fsp3) is 0.500. The number of hydrogen-bond acceptors (Lipinski definition) is 4. The van der Waals surface area contributed by atoms with Crippen LogP contribution in [0.3, 0.4) is 0 Å². The van der Waals surface area contributed by atoms with Gasteiger partial charge in [0.05, 0.1) is 11.5 Å². The number of nitrogens with one attached hydrogen (secondary N) is 1. The molecule has 2 rings (SSSR count). The lowest BCUT2D eigenvalue weighted by atomic mass is 10.2. The number of aliphatic hydroxyl groups is 1. The molecule has 0 aliphatic carbocycles. The average Bonchev–Trinajstić information content (AvgIpc) is 2.39. The van der Waals surface area contributed by atoms with Crippen LogP contribution < -0.4 is 4.83 Å². The van der Waals surface area contributed by atoms with Crippen molar-refractivity contribution in [2.45, 2.75) is 30.8 Å². The Morgan fingerprint density at radius 2 is 1.95 bits per heavy atom. The van der Waals surface area contributed by atoms with E-state index in [1.807, 2.05) is 0 Å². The molecule has 106 valence electrons. The molecule has 1 aromatic rings. The Labute approximate surface area is 118 Å². The highest BCUT2D eigenvalue weighted by molar-refractivity contribution is 7.89. The number of benzene rings is 1. The van der Waals surface area contributed by atoms with E-state index in [-0.39, 0.29) is 16.5 Å². The van der Waals surface area contributed by atoms with Crippen molar-refractivity contribution in [2.75, 3.05) is 13.1 Å². The van der Waals surface area contributed by atoms with Crippen molar-refractivity contribution in [3.63, 3.8) is 0 Å². The normalized spacial score (nSPS) is 17.6. The zero-order valence-electron chi connectivity index (χ0n) is 10.5. The van der Waals surface area contributed by atoms with Crippen LogP contribution in [0.25, 0.3) is 0 Å². The molecule has 1 saturated heterocycles. The molecule has 19 heavy (non-hydrogen) atoms. The van der Waals surface area contributed by atoms with Crippen molar-refractivity contribution in [3.8, 4) is 0 Å². The molecule has 0 bridgehead atoms. The summed E-state index contributed by atoms with van der Waals surface area (Å²) in [5.41, 5.74) is 0.513. The van der Waals surface area contributed by atoms with Crippen molar-refractivity contribution >= 4 is 21.6 Å². The first kappa shape index (κ1) is 14.7. The van der Waals surface area contributed by atoms with Crippen molar-refractivity contribution in [1.82, 2.24) is 9.84 Å². The molecule has 1 heterocycles. The van der Waals surface area contributed by atoms with Crippen molar-refractivity contribution in [3.05, 3.63) is 28.8 Å². The minimum absolute atomic E-state index is 0.111. The second kappa shape index (κ2) is 6.19. The molecule has 0 radical (unpaired) electrons. The van der Waals surface area contributed by atoms with Gasteiger partial charge in [0.1, 0.15) is 0 Å². The summed E-state index contributed by atoms with van der Waals surface area (Å²) in [7, 11) is -3.60. The Morgan fingerprint density at radius 3 is 2.53 bits per heavy atom. The molecule has 0 unspecified atom stereocenters. The topological polar surface area (TPSA) is 69.6 Å². The summed E-state index contributed by atoms with van der Waals surface area (Å²) in [6, 6.07) is 4.33. The SMILES string of the molecule is O=S(=O)(NN1CCCCC1)c1ccc(CO)c(Cl)c1. The first-order chi connectivity index (χ1) is 9.03. The fourth-order valence-corrected chi connectivity index (χ4v) is 3.48. The number of sulfonamides is 1. The van der Waals surface area contributed by atoms with E-state index in [1.165, 1.54) is 18.2 Å². The van der Waals surface area contributed by atoms with Crippen LogP contribution in [-0.4, -0.2) is 31.6 Å². The summed E-state index contributed by atoms with van der Waals surface area (Å²) in [6.45, 7) is 1.24. The Kier molecular flexibility index (Phi) is 4.81. The number of halogens is 1. The molecular weight excluding hydrogens is 288 g/mol. The highest BCUT2D eigenvalue weighted by atomic mass is 35.5. The molecule has 1 fully saturated rings. The maximum absolute atomic E-state index is 12.2. The lowest BCUT2D eigenvalue weighted by Gasteiger charge is -2.26. The zero-order chi connectivity index (χ0) is 13.9. The molecule has 0 saturated carbocycles. The van der Waals surface area contributed by atoms with Gasteiger partial charge in [0, 0.05) is 18.1 Å². The molecule has 1 aliphatic rings. The van der Waals surface area contributed by atoms with E-state index >= 15 is 0 Å². The zero-order valence-corrected chi connectivity index (χ0v) is 12.0. The molecular formula is C12H17ClN2O3S. The number of piperidine rings is 1. The maximum Gasteiger partial charge on any atom is 0.253 e. The van der Waals surface area contributed by atoms with Gasteiger partial charge >= 0.3 is 0 Å². The molecule has 1 aromatic carbocycles. The van der Waals surface area contributed by atoms with Crippen LogP contribution in [-0.2, 0) is 16.6 Å². The average molecular weight is 305 g/mol. The molecule has 0 aromatic heterocycles. The Hall–Kier alpha value is -0.660. The van der Waals surface area contributed by atoms with Gasteiger partial charge in [0.25, 0.3) is 10.0 Å². The molecule has 5 nitrogen and oxygen atoms in total. The highest BCUT2D eigenvalue weighted by Gasteiger charge is 2.20. The maximum atomic E-state index is 12.2. The molecule has 2 N–H and O–H groups in total. The molecule has 0 amide bonds. The first-order valence-corrected chi connectivity index (χ1v) is 8.06. The van der Waals surface area contributed by atoms with Crippen molar-refractivity contribution in [1.29, 1.82) is 0 Å². The third-order valence-electron chi connectivity index (χ3n) is 3.11. The smallest absolute Gasteiger partial charge is 0.253 e. The predicted molar refractivity (Wildman–Crippen MR) is 73.1 cm³/mol. The molecule has 0 atom stereocenters. The van der Waals surface area contributed by atoms with Crippen molar-refractivity contribution in [2.24, 2.45) is 0 Å². The van der Waals surface area contributed by atoms with E-state index in [0.717, 1.165) is 32.4 Å². The van der Waals surface area contributed by atoms with Gasteiger partial charge in [-0.25, -0.2) is 13.4 Å². The van der Waals surface area contributed by atoms with Gasteiger partial charge in [0.2, 0.25) is 0 Å². The van der Waals surface area contributed by atoms with Gasteiger partial charge in [-0.1, -0.05) is 24.1 Å². The van der Waals surface area contributed by atoms with E-state index in [1.54, 1.807) is 5.01 Å². The lowest BCUT2D eigenvalue weighted by Crippen LogP contribution is -2.44. The summed E-state index contributed by atoms with van der Waals surface area (Å²) in [6.07, 6.45) is 3.12. The van der Waals surface area contributed by atoms with E-state index in [9.17, 15) is 8.42 Å². The van der Waals surface area contributed by atoms with Crippen LogP contribution in [0.5, 0.6) is 0 Å². The number of nitrogens with zero attached hydrogens (tertiary/aromatic N) is 1. The Balaban J connectivity index is 2.16. The van der Waals surface area contributed by atoms with Crippen LogP contribution in [0.1, 0.15) is 24.8 Å². The summed E-state index contributed by atoms with van der Waals surface area (Å²) < 4.78 is 24.4. The van der Waals surface area contributed by atoms with E-state index in [0.29, 0.717) is 5.56 Å². The molecule has 7 heteroatoms. The van der Waals surface area contributed by atoms with Crippen LogP contribution in [0.15, 0.2) is 23.1 Å². The fourth-order valence-electron chi connectivity index (χ4n) is 2.03. The first-order valence-electron chi connectivity index (χ1n) is 6.19. The number of hydrazine groups is 1. The lowest BCUT2D eigenvalue weighted by molar-refractivity contribution is 0.200. The summed E-state index contributed by atoms with van der Waals surface area (Å²) in [4.78, 5) is 2.67. The molecule has 0 spiro atoms. The third-order valence-corrected chi connectivity index (χ3v) is 4.84.